The average molecular weight is 308 g/mol. The van der Waals surface area contributed by atoms with E-state index in [2.05, 4.69) is 5.32 Å². The monoisotopic (exact) mass is 308 g/mol. The van der Waals surface area contributed by atoms with E-state index in [0.29, 0.717) is 18.2 Å². The molecule has 1 aromatic carbocycles. The van der Waals surface area contributed by atoms with E-state index in [4.69, 9.17) is 5.73 Å². The summed E-state index contributed by atoms with van der Waals surface area (Å²) < 4.78 is 12.3. The zero-order chi connectivity index (χ0) is 15.2. The van der Waals surface area contributed by atoms with Crippen LogP contribution >= 0.6 is 0 Å². The standard InChI is InChI=1S/C16H24N2O2S/c1-12(21(20)11-13-6-2-3-7-13)16(19)18-15-9-5-4-8-14(15)10-17/h4-5,8-9,12-13H,2-3,6-7,10-11,17H2,1H3,(H,18,19). The lowest BCUT2D eigenvalue weighted by Crippen LogP contribution is -2.32. The largest absolute Gasteiger partial charge is 0.326 e. The molecule has 3 N–H and O–H groups in total. The molecule has 0 radical (unpaired) electrons. The van der Waals surface area contributed by atoms with Crippen LogP contribution in [0.15, 0.2) is 24.3 Å². The average Bonchev–Trinajstić information content (AvgIpc) is 2.99. The summed E-state index contributed by atoms with van der Waals surface area (Å²) in [5.74, 6) is 0.984. The molecule has 0 bridgehead atoms. The van der Waals surface area contributed by atoms with Crippen molar-refractivity contribution in [2.75, 3.05) is 11.1 Å². The van der Waals surface area contributed by atoms with Gasteiger partial charge in [0.05, 0.1) is 0 Å². The van der Waals surface area contributed by atoms with Crippen molar-refractivity contribution in [3.63, 3.8) is 0 Å². The van der Waals surface area contributed by atoms with E-state index < -0.39 is 16.0 Å². The second-order valence-electron chi connectivity index (χ2n) is 5.69. The number of nitrogens with two attached hydrogens (primary N) is 1. The first-order valence-corrected chi connectivity index (χ1v) is 8.96. The maximum Gasteiger partial charge on any atom is 0.239 e. The van der Waals surface area contributed by atoms with Gasteiger partial charge in [-0.05, 0) is 37.3 Å². The van der Waals surface area contributed by atoms with E-state index >= 15 is 0 Å². The van der Waals surface area contributed by atoms with Crippen molar-refractivity contribution >= 4 is 22.4 Å². The van der Waals surface area contributed by atoms with E-state index in [-0.39, 0.29) is 5.91 Å². The Hall–Kier alpha value is -1.20. The second-order valence-corrected chi connectivity index (χ2v) is 7.49. The zero-order valence-corrected chi connectivity index (χ0v) is 13.3. The molecule has 0 spiro atoms. The Balaban J connectivity index is 1.93. The Morgan fingerprint density at radius 3 is 2.71 bits per heavy atom. The van der Waals surface area contributed by atoms with Crippen LogP contribution in [0.1, 0.15) is 38.2 Å². The molecular formula is C16H24N2O2S. The highest BCUT2D eigenvalue weighted by Crippen LogP contribution is 2.26. The van der Waals surface area contributed by atoms with Crippen molar-refractivity contribution in [3.8, 4) is 0 Å². The van der Waals surface area contributed by atoms with Crippen LogP contribution in [0, 0.1) is 5.92 Å². The topological polar surface area (TPSA) is 72.2 Å². The number of carbonyl (C=O) groups is 1. The SMILES string of the molecule is CC(C(=O)Nc1ccccc1CN)S(=O)CC1CCCC1. The molecule has 2 atom stereocenters. The molecule has 2 rings (SSSR count). The van der Waals surface area contributed by atoms with Crippen LogP contribution in [0.5, 0.6) is 0 Å². The summed E-state index contributed by atoms with van der Waals surface area (Å²) in [4.78, 5) is 12.3. The van der Waals surface area contributed by atoms with Crippen molar-refractivity contribution in [3.05, 3.63) is 29.8 Å². The highest BCUT2D eigenvalue weighted by molar-refractivity contribution is 7.86. The van der Waals surface area contributed by atoms with Crippen molar-refractivity contribution in [1.29, 1.82) is 0 Å². The van der Waals surface area contributed by atoms with Gasteiger partial charge in [-0.1, -0.05) is 31.0 Å². The summed E-state index contributed by atoms with van der Waals surface area (Å²) >= 11 is 0. The van der Waals surface area contributed by atoms with Crippen LogP contribution in [0.25, 0.3) is 0 Å². The van der Waals surface area contributed by atoms with Crippen molar-refractivity contribution in [2.24, 2.45) is 11.7 Å². The third-order valence-electron chi connectivity index (χ3n) is 4.13. The molecule has 1 fully saturated rings. The highest BCUT2D eigenvalue weighted by Gasteiger charge is 2.25. The molecule has 0 heterocycles. The molecule has 21 heavy (non-hydrogen) atoms. The maximum absolute atomic E-state index is 12.3. The first-order chi connectivity index (χ1) is 10.1. The molecule has 1 aliphatic rings. The lowest BCUT2D eigenvalue weighted by Gasteiger charge is -2.16. The molecule has 0 saturated heterocycles. The molecule has 0 aromatic heterocycles. The second kappa shape index (κ2) is 7.71. The summed E-state index contributed by atoms with van der Waals surface area (Å²) in [6.07, 6.45) is 4.75. The number of nitrogens with one attached hydrogen (secondary N) is 1. The number of hydrogen-bond donors (Lipinski definition) is 2. The molecule has 1 aliphatic carbocycles. The maximum atomic E-state index is 12.3. The summed E-state index contributed by atoms with van der Waals surface area (Å²) in [5, 5.41) is 2.37. The van der Waals surface area contributed by atoms with Crippen molar-refractivity contribution in [1.82, 2.24) is 0 Å². The molecular weight excluding hydrogens is 284 g/mol. The molecule has 1 aromatic rings. The quantitative estimate of drug-likeness (QED) is 0.847. The van der Waals surface area contributed by atoms with E-state index in [1.807, 2.05) is 24.3 Å². The molecule has 0 aliphatic heterocycles. The predicted molar refractivity (Wildman–Crippen MR) is 87.4 cm³/mol. The third kappa shape index (κ3) is 4.38. The summed E-state index contributed by atoms with van der Waals surface area (Å²) in [6, 6.07) is 7.46. The van der Waals surface area contributed by atoms with E-state index in [9.17, 15) is 9.00 Å². The van der Waals surface area contributed by atoms with Crippen LogP contribution in [0.3, 0.4) is 0 Å². The Morgan fingerprint density at radius 1 is 1.38 bits per heavy atom. The van der Waals surface area contributed by atoms with Gasteiger partial charge in [-0.25, -0.2) is 0 Å². The van der Waals surface area contributed by atoms with E-state index in [1.165, 1.54) is 12.8 Å². The first kappa shape index (κ1) is 16.2. The fourth-order valence-corrected chi connectivity index (χ4v) is 4.11. The van der Waals surface area contributed by atoms with Crippen LogP contribution in [-0.4, -0.2) is 21.1 Å². The van der Waals surface area contributed by atoms with Gasteiger partial charge in [-0.15, -0.1) is 0 Å². The minimum Gasteiger partial charge on any atom is -0.326 e. The van der Waals surface area contributed by atoms with Gasteiger partial charge in [0.2, 0.25) is 5.91 Å². The number of rotatable bonds is 6. The molecule has 2 unspecified atom stereocenters. The smallest absolute Gasteiger partial charge is 0.239 e. The Labute approximate surface area is 129 Å². The molecule has 1 amide bonds. The van der Waals surface area contributed by atoms with Crippen molar-refractivity contribution in [2.45, 2.75) is 44.4 Å². The molecule has 4 nitrogen and oxygen atoms in total. The highest BCUT2D eigenvalue weighted by atomic mass is 32.2. The number of amides is 1. The number of anilines is 1. The first-order valence-electron chi connectivity index (χ1n) is 7.58. The Morgan fingerprint density at radius 2 is 2.05 bits per heavy atom. The van der Waals surface area contributed by atoms with Gasteiger partial charge in [0.15, 0.2) is 0 Å². The summed E-state index contributed by atoms with van der Waals surface area (Å²) in [5.41, 5.74) is 7.27. The lowest BCUT2D eigenvalue weighted by molar-refractivity contribution is -0.115. The van der Waals surface area contributed by atoms with Gasteiger partial charge in [0, 0.05) is 28.8 Å². The van der Waals surface area contributed by atoms with Gasteiger partial charge in [-0.3, -0.25) is 9.00 Å². The van der Waals surface area contributed by atoms with Gasteiger partial charge >= 0.3 is 0 Å². The Kier molecular flexibility index (Phi) is 5.94. The number of benzene rings is 1. The van der Waals surface area contributed by atoms with Crippen LogP contribution in [0.4, 0.5) is 5.69 Å². The number of hydrogen-bond acceptors (Lipinski definition) is 3. The van der Waals surface area contributed by atoms with Gasteiger partial charge in [-0.2, -0.15) is 0 Å². The van der Waals surface area contributed by atoms with E-state index in [1.54, 1.807) is 6.92 Å². The molecule has 5 heteroatoms. The zero-order valence-electron chi connectivity index (χ0n) is 12.5. The number of carbonyl (C=O) groups excluding carboxylic acids is 1. The fourth-order valence-electron chi connectivity index (χ4n) is 2.73. The summed E-state index contributed by atoms with van der Waals surface area (Å²) in [6.45, 7) is 2.11. The third-order valence-corrected chi connectivity index (χ3v) is 5.94. The van der Waals surface area contributed by atoms with Gasteiger partial charge in [0.25, 0.3) is 0 Å². The minimum absolute atomic E-state index is 0.188. The van der Waals surface area contributed by atoms with Crippen LogP contribution in [0.2, 0.25) is 0 Å². The minimum atomic E-state index is -1.11. The fraction of sp³-hybridized carbons (Fsp3) is 0.562. The van der Waals surface area contributed by atoms with Crippen LogP contribution < -0.4 is 11.1 Å². The number of para-hydroxylation sites is 1. The van der Waals surface area contributed by atoms with E-state index in [0.717, 1.165) is 24.1 Å². The van der Waals surface area contributed by atoms with Gasteiger partial charge in [0.1, 0.15) is 5.25 Å². The lowest BCUT2D eigenvalue weighted by atomic mass is 10.1. The summed E-state index contributed by atoms with van der Waals surface area (Å²) in [7, 11) is -1.11. The van der Waals surface area contributed by atoms with Crippen LogP contribution in [-0.2, 0) is 22.1 Å². The predicted octanol–water partition coefficient (Wildman–Crippen LogP) is 2.41. The normalized spacial score (nSPS) is 18.4. The van der Waals surface area contributed by atoms with Gasteiger partial charge < -0.3 is 11.1 Å². The Bertz CT molecular complexity index is 513. The van der Waals surface area contributed by atoms with Crippen molar-refractivity contribution < 1.29 is 9.00 Å². The molecule has 1 saturated carbocycles. The molecule has 116 valence electrons.